The Bertz CT molecular complexity index is 1700. The molecule has 0 aromatic carbocycles. The van der Waals surface area contributed by atoms with Crippen LogP contribution in [0.3, 0.4) is 0 Å². The summed E-state index contributed by atoms with van der Waals surface area (Å²) in [7, 11) is 0. The maximum Gasteiger partial charge on any atom is 0.325 e. The molecule has 8 amide bonds. The van der Waals surface area contributed by atoms with E-state index >= 15 is 0 Å². The third-order valence-corrected chi connectivity index (χ3v) is 10.3. The van der Waals surface area contributed by atoms with Crippen molar-refractivity contribution < 1.29 is 92.7 Å². The largest absolute Gasteiger partial charge is 0.480 e. The SMILES string of the molecule is CC(=O)NC1C(OC2C(CO)OC(O)C(NC(C)=O)C2OC(C)C(=O)NC(C)C(=O)NC(CCC(=O)NC(CCCCN)C(=O)NCC(=O)NC(C)C(=O)O)C(N)=O)OC(CO)C(O)C1O. The Kier molecular flexibility index (Phi) is 23.7. The van der Waals surface area contributed by atoms with Gasteiger partial charge < -0.3 is 98.3 Å². The van der Waals surface area contributed by atoms with Crippen LogP contribution in [0, 0.1) is 0 Å². The minimum atomic E-state index is -1.88. The number of nitrogens with one attached hydrogen (secondary N) is 7. The summed E-state index contributed by atoms with van der Waals surface area (Å²) in [6.07, 6.45) is -14.6. The number of amides is 8. The lowest BCUT2D eigenvalue weighted by atomic mass is 9.94. The molecule has 2 fully saturated rings. The molecule has 2 rings (SSSR count). The maximum atomic E-state index is 13.5. The topological polar surface area (TPSA) is 448 Å². The summed E-state index contributed by atoms with van der Waals surface area (Å²) in [4.78, 5) is 112. The van der Waals surface area contributed by atoms with E-state index in [1.54, 1.807) is 0 Å². The van der Waals surface area contributed by atoms with Crippen molar-refractivity contribution in [1.82, 2.24) is 37.2 Å². The van der Waals surface area contributed by atoms with Crippen LogP contribution in [0.1, 0.15) is 66.7 Å². The van der Waals surface area contributed by atoms with E-state index in [9.17, 15) is 68.7 Å². The van der Waals surface area contributed by atoms with Crippen molar-refractivity contribution in [2.75, 3.05) is 26.3 Å². The lowest BCUT2D eigenvalue weighted by molar-refractivity contribution is -0.333. The first kappa shape index (κ1) is 57.0. The molecule has 2 aliphatic rings. The lowest BCUT2D eigenvalue weighted by Gasteiger charge is -2.48. The van der Waals surface area contributed by atoms with E-state index in [4.69, 9.17) is 35.5 Å². The number of carboxylic acid groups (broad SMARTS) is 1. The average Bonchev–Trinajstić information content (AvgIpc) is 3.24. The van der Waals surface area contributed by atoms with Crippen molar-refractivity contribution in [3.63, 3.8) is 0 Å². The van der Waals surface area contributed by atoms with E-state index in [-0.39, 0.29) is 19.4 Å². The normalized spacial score (nSPS) is 27.3. The summed E-state index contributed by atoms with van der Waals surface area (Å²) in [6.45, 7) is 3.84. The number of aliphatic hydroxyl groups excluding tert-OH is 5. The zero-order chi connectivity index (χ0) is 50.0. The highest BCUT2D eigenvalue weighted by Crippen LogP contribution is 2.31. The first-order valence-electron chi connectivity index (χ1n) is 21.1. The molecule has 2 heterocycles. The van der Waals surface area contributed by atoms with Gasteiger partial charge in [0.2, 0.25) is 47.3 Å². The minimum Gasteiger partial charge on any atom is -0.480 e. The fraction of sp³-hybridized carbons (Fsp3) is 0.763. The van der Waals surface area contributed by atoms with Crippen LogP contribution in [0.2, 0.25) is 0 Å². The molecule has 17 N–H and O–H groups in total. The number of carbonyl (C=O) groups excluding carboxylic acids is 8. The number of hydrogen-bond donors (Lipinski definition) is 15. The highest BCUT2D eigenvalue weighted by molar-refractivity contribution is 5.93. The van der Waals surface area contributed by atoms with Crippen LogP contribution in [0.4, 0.5) is 0 Å². The van der Waals surface area contributed by atoms with Crippen LogP contribution in [-0.4, -0.2) is 202 Å². The Morgan fingerprint density at radius 2 is 1.30 bits per heavy atom. The van der Waals surface area contributed by atoms with Crippen molar-refractivity contribution in [1.29, 1.82) is 0 Å². The summed E-state index contributed by atoms with van der Waals surface area (Å²) in [5.41, 5.74) is 11.0. The molecular formula is C38H65N9O19. The summed E-state index contributed by atoms with van der Waals surface area (Å²) >= 11 is 0. The third kappa shape index (κ3) is 17.6. The fourth-order valence-electron chi connectivity index (χ4n) is 6.75. The second-order valence-corrected chi connectivity index (χ2v) is 15.7. The van der Waals surface area contributed by atoms with Crippen LogP contribution in [-0.2, 0) is 62.1 Å². The van der Waals surface area contributed by atoms with Gasteiger partial charge in [0, 0.05) is 20.3 Å². The van der Waals surface area contributed by atoms with Gasteiger partial charge in [-0.05, 0) is 53.0 Å². The molecule has 0 bridgehead atoms. The third-order valence-electron chi connectivity index (χ3n) is 10.3. The fourth-order valence-corrected chi connectivity index (χ4v) is 6.75. The smallest absolute Gasteiger partial charge is 0.325 e. The molecule has 0 aromatic heterocycles. The number of aliphatic carboxylic acids is 1. The maximum absolute atomic E-state index is 13.5. The predicted molar refractivity (Wildman–Crippen MR) is 221 cm³/mol. The van der Waals surface area contributed by atoms with Crippen molar-refractivity contribution in [3.8, 4) is 0 Å². The van der Waals surface area contributed by atoms with E-state index in [1.165, 1.54) is 20.8 Å². The van der Waals surface area contributed by atoms with Crippen molar-refractivity contribution in [2.24, 2.45) is 11.5 Å². The molecule has 0 aliphatic carbocycles. The summed E-state index contributed by atoms with van der Waals surface area (Å²) in [5, 5.41) is 77.6. The van der Waals surface area contributed by atoms with Crippen LogP contribution < -0.4 is 48.7 Å². The van der Waals surface area contributed by atoms with E-state index < -0.39 is 171 Å². The second kappa shape index (κ2) is 27.5. The zero-order valence-electron chi connectivity index (χ0n) is 37.2. The number of primary amides is 1. The molecule has 376 valence electrons. The molecule has 15 unspecified atom stereocenters. The van der Waals surface area contributed by atoms with Crippen molar-refractivity contribution in [3.05, 3.63) is 0 Å². The molecule has 0 spiro atoms. The van der Waals surface area contributed by atoms with Gasteiger partial charge in [0.05, 0.1) is 19.8 Å². The Morgan fingerprint density at radius 3 is 1.86 bits per heavy atom. The van der Waals surface area contributed by atoms with Gasteiger partial charge in [-0.1, -0.05) is 0 Å². The molecular weight excluding hydrogens is 886 g/mol. The van der Waals surface area contributed by atoms with Gasteiger partial charge >= 0.3 is 5.97 Å². The number of carboxylic acids is 1. The molecule has 66 heavy (non-hydrogen) atoms. The second-order valence-electron chi connectivity index (χ2n) is 15.7. The Hall–Kier alpha value is -5.17. The summed E-state index contributed by atoms with van der Waals surface area (Å²) in [6, 6.07) is -8.29. The van der Waals surface area contributed by atoms with Gasteiger partial charge in [0.25, 0.3) is 0 Å². The van der Waals surface area contributed by atoms with Gasteiger partial charge in [0.15, 0.2) is 12.6 Å². The van der Waals surface area contributed by atoms with E-state index in [2.05, 4.69) is 37.2 Å². The molecule has 28 heteroatoms. The number of unbranched alkanes of at least 4 members (excludes halogenated alkanes) is 1. The van der Waals surface area contributed by atoms with Crippen LogP contribution in [0.5, 0.6) is 0 Å². The number of ether oxygens (including phenoxy) is 4. The highest BCUT2D eigenvalue weighted by atomic mass is 16.7. The average molecular weight is 952 g/mol. The zero-order valence-corrected chi connectivity index (χ0v) is 37.2. The standard InChI is InChI=1S/C38H65N9O19/c1-15(33(57)47-20(32(40)56)9-10-24(52)46-21(8-6-7-11-39)35(59)41-12-25(53)42-16(2)36(60)61)43-34(58)17(3)63-31-27(45-19(5)51)37(62)64-23(14-49)30(31)66-38-26(44-18(4)50)29(55)28(54)22(13-48)65-38/h15-17,20-23,26-31,37-38,48-49,54-55,62H,6-14,39H2,1-5H3,(H2,40,56)(H,41,59)(H,42,53)(H,43,58)(H,44,50)(H,45,51)(H,46,52)(H,47,57)(H,60,61). The molecule has 2 aliphatic heterocycles. The van der Waals surface area contributed by atoms with Gasteiger partial charge in [-0.25, -0.2) is 0 Å². The molecule has 0 radical (unpaired) electrons. The Morgan fingerprint density at radius 1 is 0.682 bits per heavy atom. The number of aliphatic hydroxyl groups is 5. The molecule has 0 saturated carbocycles. The van der Waals surface area contributed by atoms with Gasteiger partial charge in [-0.3, -0.25) is 43.2 Å². The van der Waals surface area contributed by atoms with Gasteiger partial charge in [-0.15, -0.1) is 0 Å². The van der Waals surface area contributed by atoms with E-state index in [0.717, 1.165) is 13.8 Å². The molecule has 0 aromatic rings. The Balaban J connectivity index is 2.18. The first-order valence-corrected chi connectivity index (χ1v) is 21.1. The lowest BCUT2D eigenvalue weighted by Crippen LogP contribution is -2.70. The minimum absolute atomic E-state index is 0.101. The van der Waals surface area contributed by atoms with E-state index in [1.807, 2.05) is 0 Å². The quantitative estimate of drug-likeness (QED) is 0.0358. The first-order chi connectivity index (χ1) is 30.9. The van der Waals surface area contributed by atoms with Crippen LogP contribution >= 0.6 is 0 Å². The molecule has 2 saturated heterocycles. The van der Waals surface area contributed by atoms with Crippen LogP contribution in [0.15, 0.2) is 0 Å². The number of hydrogen-bond acceptors (Lipinski definition) is 19. The van der Waals surface area contributed by atoms with E-state index in [0.29, 0.717) is 12.8 Å². The number of nitrogens with two attached hydrogens (primary N) is 2. The monoisotopic (exact) mass is 951 g/mol. The number of carbonyl (C=O) groups is 9. The van der Waals surface area contributed by atoms with Crippen LogP contribution in [0.25, 0.3) is 0 Å². The molecule has 28 nitrogen and oxygen atoms in total. The predicted octanol–water partition coefficient (Wildman–Crippen LogP) is -8.12. The van der Waals surface area contributed by atoms with Crippen molar-refractivity contribution >= 4 is 53.2 Å². The Labute approximate surface area is 378 Å². The van der Waals surface area contributed by atoms with Gasteiger partial charge in [0.1, 0.15) is 79.0 Å². The van der Waals surface area contributed by atoms with Crippen molar-refractivity contribution in [2.45, 2.75) is 158 Å². The van der Waals surface area contributed by atoms with Gasteiger partial charge in [-0.2, -0.15) is 0 Å². The highest BCUT2D eigenvalue weighted by Gasteiger charge is 2.53. The molecule has 15 atom stereocenters. The number of rotatable bonds is 26. The summed E-state index contributed by atoms with van der Waals surface area (Å²) in [5.74, 6) is -8.01. The summed E-state index contributed by atoms with van der Waals surface area (Å²) < 4.78 is 23.2.